The molecule has 1 saturated carbocycles. The van der Waals surface area contributed by atoms with E-state index in [4.69, 9.17) is 9.72 Å². The number of anilines is 3. The normalized spacial score (nSPS) is 23.3. The minimum atomic E-state index is 0.409. The fourth-order valence-electron chi connectivity index (χ4n) is 4.32. The summed E-state index contributed by atoms with van der Waals surface area (Å²) in [5.74, 6) is 1.34. The van der Waals surface area contributed by atoms with Gasteiger partial charge < -0.3 is 15.4 Å². The Morgan fingerprint density at radius 3 is 2.69 bits per heavy atom. The van der Waals surface area contributed by atoms with Gasteiger partial charge in [-0.2, -0.15) is 10.1 Å². The van der Waals surface area contributed by atoms with E-state index in [2.05, 4.69) is 30.7 Å². The van der Waals surface area contributed by atoms with Crippen LogP contribution < -0.4 is 10.6 Å². The van der Waals surface area contributed by atoms with Crippen molar-refractivity contribution in [2.45, 2.75) is 37.8 Å². The van der Waals surface area contributed by atoms with E-state index in [1.165, 1.54) is 12.8 Å². The van der Waals surface area contributed by atoms with Gasteiger partial charge in [0.15, 0.2) is 5.82 Å². The van der Waals surface area contributed by atoms with E-state index in [-0.39, 0.29) is 0 Å². The molecule has 154 valence electrons. The molecule has 1 saturated heterocycles. The number of hydrogen-bond acceptors (Lipinski definition) is 8. The highest BCUT2D eigenvalue weighted by Crippen LogP contribution is 2.27. The largest absolute Gasteiger partial charge is 0.379 e. The molecule has 10 heteroatoms. The molecule has 0 unspecified atom stereocenters. The first kappa shape index (κ1) is 18.3. The number of rotatable bonds is 5. The summed E-state index contributed by atoms with van der Waals surface area (Å²) in [6.45, 7) is 3.86. The molecule has 5 rings (SSSR count). The highest BCUT2D eigenvalue weighted by Gasteiger charge is 2.27. The molecule has 2 fully saturated rings. The molecule has 4 heterocycles. The lowest BCUT2D eigenvalue weighted by molar-refractivity contribution is 0.00791. The van der Waals surface area contributed by atoms with Crippen LogP contribution in [0.5, 0.6) is 0 Å². The van der Waals surface area contributed by atoms with Gasteiger partial charge in [0.05, 0.1) is 31.3 Å². The predicted molar refractivity (Wildman–Crippen MR) is 109 cm³/mol. The average molecular weight is 397 g/mol. The number of fused-ring (bicyclic) bond motifs is 1. The van der Waals surface area contributed by atoms with Gasteiger partial charge in [-0.25, -0.2) is 9.50 Å². The van der Waals surface area contributed by atoms with Gasteiger partial charge in [-0.05, 0) is 25.7 Å². The topological polar surface area (TPSA) is 97.4 Å². The second-order valence-electron chi connectivity index (χ2n) is 7.83. The first-order valence-electron chi connectivity index (χ1n) is 10.3. The number of aromatic nitrogens is 6. The van der Waals surface area contributed by atoms with Gasteiger partial charge in [-0.3, -0.25) is 9.58 Å². The average Bonchev–Trinajstić information content (AvgIpc) is 3.38. The summed E-state index contributed by atoms with van der Waals surface area (Å²) < 4.78 is 8.99. The van der Waals surface area contributed by atoms with Crippen LogP contribution in [0.1, 0.15) is 25.7 Å². The molecule has 3 aromatic rings. The van der Waals surface area contributed by atoms with Crippen molar-refractivity contribution in [1.29, 1.82) is 0 Å². The predicted octanol–water partition coefficient (Wildman–Crippen LogP) is 1.66. The summed E-state index contributed by atoms with van der Waals surface area (Å²) in [5.41, 5.74) is 1.74. The third-order valence-corrected chi connectivity index (χ3v) is 5.84. The third kappa shape index (κ3) is 4.03. The fraction of sp³-hybridized carbons (Fsp3) is 0.579. The highest BCUT2D eigenvalue weighted by atomic mass is 16.5. The van der Waals surface area contributed by atoms with E-state index >= 15 is 0 Å². The molecular weight excluding hydrogens is 370 g/mol. The number of imidazole rings is 1. The number of ether oxygens (including phenoxy) is 1. The van der Waals surface area contributed by atoms with Crippen molar-refractivity contribution in [3.8, 4) is 0 Å². The van der Waals surface area contributed by atoms with Crippen LogP contribution in [0.2, 0.25) is 0 Å². The Kier molecular flexibility index (Phi) is 5.03. The molecule has 10 nitrogen and oxygen atoms in total. The lowest BCUT2D eigenvalue weighted by Crippen LogP contribution is -2.46. The standard InChI is InChI=1S/C19H27N9O/c1-26-12-15(10-21-26)23-19-24-18(17-11-20-13-28(17)25-19)22-14-2-4-16(5-3-14)27-6-8-29-9-7-27/h10-14,16H,2-9H2,1H3,(H2,22,23,24,25)/t14-,16-. The van der Waals surface area contributed by atoms with Gasteiger partial charge in [-0.15, -0.1) is 5.10 Å². The third-order valence-electron chi connectivity index (χ3n) is 5.84. The van der Waals surface area contributed by atoms with Crippen LogP contribution in [0.3, 0.4) is 0 Å². The van der Waals surface area contributed by atoms with E-state index in [9.17, 15) is 0 Å². The Morgan fingerprint density at radius 2 is 1.93 bits per heavy atom. The molecule has 0 amide bonds. The molecule has 3 aromatic heterocycles. The summed E-state index contributed by atoms with van der Waals surface area (Å²) in [4.78, 5) is 11.6. The van der Waals surface area contributed by atoms with E-state index < -0.39 is 0 Å². The summed E-state index contributed by atoms with van der Waals surface area (Å²) in [5, 5.41) is 15.6. The van der Waals surface area contributed by atoms with Crippen molar-refractivity contribution >= 4 is 23.0 Å². The Hall–Kier alpha value is -2.72. The zero-order chi connectivity index (χ0) is 19.6. The van der Waals surface area contributed by atoms with Gasteiger partial charge >= 0.3 is 0 Å². The molecular formula is C19H27N9O. The first-order chi connectivity index (χ1) is 14.2. The first-order valence-corrected chi connectivity index (χ1v) is 10.3. The van der Waals surface area contributed by atoms with Gasteiger partial charge in [0.2, 0.25) is 5.95 Å². The second kappa shape index (κ2) is 7.96. The minimum absolute atomic E-state index is 0.409. The summed E-state index contributed by atoms with van der Waals surface area (Å²) in [6, 6.07) is 1.09. The van der Waals surface area contributed by atoms with E-state index in [1.54, 1.807) is 27.9 Å². The number of nitrogens with zero attached hydrogens (tertiary/aromatic N) is 7. The van der Waals surface area contributed by atoms with Crippen LogP contribution in [0.15, 0.2) is 24.9 Å². The Morgan fingerprint density at radius 1 is 1.10 bits per heavy atom. The van der Waals surface area contributed by atoms with Crippen LogP contribution in [0, 0.1) is 0 Å². The van der Waals surface area contributed by atoms with Crippen LogP contribution in [-0.2, 0) is 11.8 Å². The fourth-order valence-corrected chi connectivity index (χ4v) is 4.32. The molecule has 1 aliphatic carbocycles. The van der Waals surface area contributed by atoms with Crippen molar-refractivity contribution in [2.75, 3.05) is 36.9 Å². The van der Waals surface area contributed by atoms with Gasteiger partial charge in [0, 0.05) is 38.4 Å². The Bertz CT molecular complexity index is 954. The second-order valence-corrected chi connectivity index (χ2v) is 7.83. The maximum Gasteiger partial charge on any atom is 0.247 e. The van der Waals surface area contributed by atoms with E-state index in [1.807, 2.05) is 13.2 Å². The number of hydrogen-bond donors (Lipinski definition) is 2. The molecule has 0 atom stereocenters. The van der Waals surface area contributed by atoms with Crippen LogP contribution >= 0.6 is 0 Å². The summed E-state index contributed by atoms with van der Waals surface area (Å²) >= 11 is 0. The molecule has 0 spiro atoms. The Labute approximate surface area is 169 Å². The summed E-state index contributed by atoms with van der Waals surface area (Å²) in [7, 11) is 1.88. The van der Waals surface area contributed by atoms with Crippen molar-refractivity contribution in [2.24, 2.45) is 7.05 Å². The van der Waals surface area contributed by atoms with E-state index in [0.29, 0.717) is 18.0 Å². The Balaban J connectivity index is 1.28. The minimum Gasteiger partial charge on any atom is -0.379 e. The van der Waals surface area contributed by atoms with Crippen molar-refractivity contribution < 1.29 is 4.74 Å². The molecule has 0 aromatic carbocycles. The smallest absolute Gasteiger partial charge is 0.247 e. The SMILES string of the molecule is Cn1cc(Nc2nc(N[C@H]3CC[C@H](N4CCOCC4)CC3)c3cncn3n2)cn1. The maximum atomic E-state index is 5.49. The van der Waals surface area contributed by atoms with Crippen LogP contribution in [0.4, 0.5) is 17.5 Å². The van der Waals surface area contributed by atoms with Crippen molar-refractivity contribution in [3.63, 3.8) is 0 Å². The number of morpholine rings is 1. The molecule has 0 bridgehead atoms. The maximum absolute atomic E-state index is 5.49. The van der Waals surface area contributed by atoms with Crippen LogP contribution in [0.25, 0.3) is 5.52 Å². The monoisotopic (exact) mass is 397 g/mol. The van der Waals surface area contributed by atoms with Gasteiger partial charge in [-0.1, -0.05) is 0 Å². The quantitative estimate of drug-likeness (QED) is 0.671. The number of nitrogens with one attached hydrogen (secondary N) is 2. The number of aryl methyl sites for hydroxylation is 1. The summed E-state index contributed by atoms with van der Waals surface area (Å²) in [6.07, 6.45) is 11.8. The highest BCUT2D eigenvalue weighted by molar-refractivity contribution is 5.68. The molecule has 2 N–H and O–H groups in total. The van der Waals surface area contributed by atoms with Gasteiger partial charge in [0.1, 0.15) is 11.8 Å². The zero-order valence-corrected chi connectivity index (χ0v) is 16.7. The van der Waals surface area contributed by atoms with Crippen LogP contribution in [-0.4, -0.2) is 72.6 Å². The lowest BCUT2D eigenvalue weighted by atomic mass is 9.90. The molecule has 2 aliphatic rings. The van der Waals surface area contributed by atoms with Crippen molar-refractivity contribution in [1.82, 2.24) is 34.3 Å². The van der Waals surface area contributed by atoms with Gasteiger partial charge in [0.25, 0.3) is 0 Å². The van der Waals surface area contributed by atoms with E-state index in [0.717, 1.165) is 56.2 Å². The zero-order valence-electron chi connectivity index (χ0n) is 16.7. The molecule has 0 radical (unpaired) electrons. The van der Waals surface area contributed by atoms with Crippen molar-refractivity contribution in [3.05, 3.63) is 24.9 Å². The molecule has 1 aliphatic heterocycles. The lowest BCUT2D eigenvalue weighted by Gasteiger charge is -2.39. The molecule has 29 heavy (non-hydrogen) atoms.